The first kappa shape index (κ1) is 12.9. The highest BCUT2D eigenvalue weighted by molar-refractivity contribution is 6.04. The minimum absolute atomic E-state index is 0.0332. The number of carbonyl (C=O) groups excluding carboxylic acids is 1. The van der Waals surface area contributed by atoms with Crippen molar-refractivity contribution in [2.75, 3.05) is 14.1 Å². The first-order valence-electron chi connectivity index (χ1n) is 5.06. The Kier molecular flexibility index (Phi) is 3.98. The van der Waals surface area contributed by atoms with Crippen LogP contribution in [0.15, 0.2) is 30.5 Å². The summed E-state index contributed by atoms with van der Waals surface area (Å²) < 4.78 is 0. The second kappa shape index (κ2) is 5.25. The number of hydrogen-bond donors (Lipinski definition) is 0. The van der Waals surface area contributed by atoms with Crippen molar-refractivity contribution < 1.29 is 9.72 Å². The van der Waals surface area contributed by atoms with Gasteiger partial charge in [0, 0.05) is 43.6 Å². The summed E-state index contributed by atoms with van der Waals surface area (Å²) in [5.74, 6) is -0.248. The lowest BCUT2D eigenvalue weighted by Gasteiger charge is -2.03. The quantitative estimate of drug-likeness (QED) is 0.346. The molecule has 0 saturated heterocycles. The Morgan fingerprint density at radius 1 is 1.41 bits per heavy atom. The molecule has 0 N–H and O–H groups in total. The molecule has 0 amide bonds. The molecule has 0 unspecified atom stereocenters. The largest absolute Gasteiger partial charge is 0.383 e. The van der Waals surface area contributed by atoms with Gasteiger partial charge in [0.1, 0.15) is 0 Å². The number of carbonyl (C=O) groups is 1. The summed E-state index contributed by atoms with van der Waals surface area (Å²) in [5.41, 5.74) is 0.831. The number of nitrogens with zero attached hydrogens (tertiary/aromatic N) is 2. The van der Waals surface area contributed by atoms with E-state index in [4.69, 9.17) is 0 Å². The van der Waals surface area contributed by atoms with Crippen molar-refractivity contribution in [2.24, 2.45) is 0 Å². The lowest BCUT2D eigenvalue weighted by molar-refractivity contribution is -0.385. The van der Waals surface area contributed by atoms with Crippen molar-refractivity contribution in [2.45, 2.75) is 6.92 Å². The third-order valence-electron chi connectivity index (χ3n) is 2.21. The van der Waals surface area contributed by atoms with Crippen LogP contribution in [0.5, 0.6) is 0 Å². The van der Waals surface area contributed by atoms with Gasteiger partial charge in [-0.1, -0.05) is 12.1 Å². The van der Waals surface area contributed by atoms with Gasteiger partial charge in [-0.15, -0.1) is 0 Å². The van der Waals surface area contributed by atoms with E-state index in [-0.39, 0.29) is 11.5 Å². The molecule has 0 atom stereocenters. The standard InChI is InChI=1S/C12H14N2O3/c1-9-4-5-10(8-11(9)14(16)17)12(15)6-7-13(2)3/h4-8H,1-3H3/b7-6+. The average Bonchev–Trinajstić information content (AvgIpc) is 2.26. The molecule has 5 nitrogen and oxygen atoms in total. The van der Waals surface area contributed by atoms with Crippen LogP contribution in [0.3, 0.4) is 0 Å². The number of allylic oxidation sites excluding steroid dienone is 1. The van der Waals surface area contributed by atoms with Crippen molar-refractivity contribution in [1.29, 1.82) is 0 Å². The molecular formula is C12H14N2O3. The first-order chi connectivity index (χ1) is 7.91. The molecule has 0 fully saturated rings. The zero-order chi connectivity index (χ0) is 13.0. The molecule has 1 aromatic rings. The van der Waals surface area contributed by atoms with Crippen molar-refractivity contribution in [3.63, 3.8) is 0 Å². The SMILES string of the molecule is Cc1ccc(C(=O)/C=C/N(C)C)cc1[N+](=O)[O-]. The number of ketones is 1. The first-order valence-corrected chi connectivity index (χ1v) is 5.06. The van der Waals surface area contributed by atoms with E-state index in [0.717, 1.165) is 0 Å². The molecule has 0 aliphatic rings. The molecule has 5 heteroatoms. The topological polar surface area (TPSA) is 63.5 Å². The fourth-order valence-electron chi connectivity index (χ4n) is 1.27. The number of rotatable bonds is 4. The normalized spacial score (nSPS) is 10.5. The highest BCUT2D eigenvalue weighted by Gasteiger charge is 2.13. The molecule has 0 aliphatic heterocycles. The zero-order valence-corrected chi connectivity index (χ0v) is 10.0. The van der Waals surface area contributed by atoms with E-state index in [1.165, 1.54) is 12.1 Å². The lowest BCUT2D eigenvalue weighted by Crippen LogP contribution is -2.03. The second-order valence-corrected chi connectivity index (χ2v) is 3.90. The van der Waals surface area contributed by atoms with Gasteiger partial charge >= 0.3 is 0 Å². The monoisotopic (exact) mass is 234 g/mol. The van der Waals surface area contributed by atoms with Crippen LogP contribution in [0.4, 0.5) is 5.69 Å². The predicted octanol–water partition coefficient (Wildman–Crippen LogP) is 2.16. The number of nitro benzene ring substituents is 1. The smallest absolute Gasteiger partial charge is 0.273 e. The summed E-state index contributed by atoms with van der Waals surface area (Å²) in [4.78, 5) is 23.7. The Hall–Kier alpha value is -2.17. The van der Waals surface area contributed by atoms with E-state index >= 15 is 0 Å². The van der Waals surface area contributed by atoms with E-state index in [1.807, 2.05) is 0 Å². The van der Waals surface area contributed by atoms with Crippen LogP contribution >= 0.6 is 0 Å². The molecule has 1 rings (SSSR count). The summed E-state index contributed by atoms with van der Waals surface area (Å²) >= 11 is 0. The molecule has 0 aliphatic carbocycles. The number of aryl methyl sites for hydroxylation is 1. The number of benzene rings is 1. The van der Waals surface area contributed by atoms with Gasteiger partial charge in [-0.2, -0.15) is 0 Å². The molecule has 0 bridgehead atoms. The van der Waals surface area contributed by atoms with Crippen molar-refractivity contribution in [1.82, 2.24) is 4.90 Å². The van der Waals surface area contributed by atoms with Gasteiger partial charge in [0.15, 0.2) is 5.78 Å². The van der Waals surface area contributed by atoms with Crippen LogP contribution in [0, 0.1) is 17.0 Å². The maximum Gasteiger partial charge on any atom is 0.273 e. The van der Waals surface area contributed by atoms with E-state index < -0.39 is 4.92 Å². The van der Waals surface area contributed by atoms with Gasteiger partial charge in [0.05, 0.1) is 4.92 Å². The van der Waals surface area contributed by atoms with Crippen LogP contribution in [0.25, 0.3) is 0 Å². The predicted molar refractivity (Wildman–Crippen MR) is 65.0 cm³/mol. The fourth-order valence-corrected chi connectivity index (χ4v) is 1.27. The van der Waals surface area contributed by atoms with Crippen molar-refractivity contribution >= 4 is 11.5 Å². The van der Waals surface area contributed by atoms with E-state index in [9.17, 15) is 14.9 Å². The second-order valence-electron chi connectivity index (χ2n) is 3.90. The van der Waals surface area contributed by atoms with Crippen LogP contribution in [0.2, 0.25) is 0 Å². The summed E-state index contributed by atoms with van der Waals surface area (Å²) in [6.07, 6.45) is 2.99. The highest BCUT2D eigenvalue weighted by Crippen LogP contribution is 2.19. The van der Waals surface area contributed by atoms with Gasteiger partial charge in [0.2, 0.25) is 0 Å². The van der Waals surface area contributed by atoms with Gasteiger partial charge < -0.3 is 4.90 Å². The minimum Gasteiger partial charge on any atom is -0.383 e. The van der Waals surface area contributed by atoms with Crippen molar-refractivity contribution in [3.05, 3.63) is 51.7 Å². The van der Waals surface area contributed by atoms with Crippen LogP contribution in [-0.4, -0.2) is 29.7 Å². The van der Waals surface area contributed by atoms with Gasteiger partial charge in [-0.05, 0) is 6.92 Å². The summed E-state index contributed by atoms with van der Waals surface area (Å²) in [6, 6.07) is 4.47. The van der Waals surface area contributed by atoms with E-state index in [1.54, 1.807) is 44.3 Å². The lowest BCUT2D eigenvalue weighted by atomic mass is 10.1. The summed E-state index contributed by atoms with van der Waals surface area (Å²) in [6.45, 7) is 1.64. The zero-order valence-electron chi connectivity index (χ0n) is 10.0. The molecule has 90 valence electrons. The number of nitro groups is 1. The molecular weight excluding hydrogens is 220 g/mol. The molecule has 0 spiro atoms. The third kappa shape index (κ3) is 3.41. The molecule has 1 aromatic carbocycles. The molecule has 0 heterocycles. The Bertz CT molecular complexity index is 479. The number of hydrogen-bond acceptors (Lipinski definition) is 4. The Morgan fingerprint density at radius 2 is 2.06 bits per heavy atom. The van der Waals surface area contributed by atoms with Gasteiger partial charge in [-0.25, -0.2) is 0 Å². The maximum absolute atomic E-state index is 11.7. The highest BCUT2D eigenvalue weighted by atomic mass is 16.6. The van der Waals surface area contributed by atoms with E-state index in [2.05, 4.69) is 0 Å². The minimum atomic E-state index is -0.484. The van der Waals surface area contributed by atoms with Gasteiger partial charge in [0.25, 0.3) is 5.69 Å². The molecule has 0 saturated carbocycles. The molecule has 17 heavy (non-hydrogen) atoms. The van der Waals surface area contributed by atoms with Crippen LogP contribution < -0.4 is 0 Å². The van der Waals surface area contributed by atoms with E-state index in [0.29, 0.717) is 11.1 Å². The van der Waals surface area contributed by atoms with Crippen LogP contribution in [0.1, 0.15) is 15.9 Å². The third-order valence-corrected chi connectivity index (χ3v) is 2.21. The van der Waals surface area contributed by atoms with Crippen molar-refractivity contribution in [3.8, 4) is 0 Å². The maximum atomic E-state index is 11.7. The Labute approximate surface area is 99.5 Å². The molecule has 0 aromatic heterocycles. The summed E-state index contributed by atoms with van der Waals surface area (Å²) in [7, 11) is 3.59. The Morgan fingerprint density at radius 3 is 2.59 bits per heavy atom. The average molecular weight is 234 g/mol. The van der Waals surface area contributed by atoms with Gasteiger partial charge in [-0.3, -0.25) is 14.9 Å². The molecule has 0 radical (unpaired) electrons. The van der Waals surface area contributed by atoms with Crippen LogP contribution in [-0.2, 0) is 0 Å². The fraction of sp³-hybridized carbons (Fsp3) is 0.250. The summed E-state index contributed by atoms with van der Waals surface area (Å²) in [5, 5.41) is 10.7. The Balaban J connectivity index is 3.04.